The Kier molecular flexibility index (Phi) is 12.1. The summed E-state index contributed by atoms with van der Waals surface area (Å²) in [6.07, 6.45) is 3.86. The van der Waals surface area contributed by atoms with Crippen molar-refractivity contribution in [2.24, 2.45) is 5.92 Å². The number of thioether (sulfide) groups is 1. The molecule has 4 N–H and O–H groups in total. The third-order valence-corrected chi connectivity index (χ3v) is 5.07. The summed E-state index contributed by atoms with van der Waals surface area (Å²) < 4.78 is 0. The van der Waals surface area contributed by atoms with Crippen molar-refractivity contribution in [2.45, 2.75) is 51.2 Å². The molecule has 162 valence electrons. The summed E-state index contributed by atoms with van der Waals surface area (Å²) in [4.78, 5) is 36.3. The molecular formula is C21H33N3O4S. The van der Waals surface area contributed by atoms with E-state index >= 15 is 0 Å². The molecule has 0 saturated heterocycles. The van der Waals surface area contributed by atoms with Gasteiger partial charge < -0.3 is 21.1 Å². The number of nitrogens with one attached hydrogen (secondary N) is 3. The first-order valence-electron chi connectivity index (χ1n) is 9.85. The van der Waals surface area contributed by atoms with Gasteiger partial charge in [-0.3, -0.25) is 14.4 Å². The SMILES string of the molecule is CSCC[C@H](NC=O)C(=O)N[C@@H](CC(C)C)C(=O)N[C@H](CO)Cc1ccccc1. The number of rotatable bonds is 14. The largest absolute Gasteiger partial charge is 0.394 e. The van der Waals surface area contributed by atoms with Crippen LogP contribution < -0.4 is 16.0 Å². The highest BCUT2D eigenvalue weighted by atomic mass is 32.2. The number of carbonyl (C=O) groups excluding carboxylic acids is 3. The maximum Gasteiger partial charge on any atom is 0.243 e. The third-order valence-electron chi connectivity index (χ3n) is 4.43. The predicted octanol–water partition coefficient (Wildman–Crippen LogP) is 1.10. The summed E-state index contributed by atoms with van der Waals surface area (Å²) in [6.45, 7) is 3.73. The van der Waals surface area contributed by atoms with Crippen molar-refractivity contribution in [1.82, 2.24) is 16.0 Å². The number of aliphatic hydroxyl groups excluding tert-OH is 1. The fourth-order valence-corrected chi connectivity index (χ4v) is 3.42. The van der Waals surface area contributed by atoms with Gasteiger partial charge in [-0.15, -0.1) is 0 Å². The van der Waals surface area contributed by atoms with Gasteiger partial charge in [-0.25, -0.2) is 0 Å². The van der Waals surface area contributed by atoms with Crippen LogP contribution in [0, 0.1) is 5.92 Å². The van der Waals surface area contributed by atoms with Crippen LogP contribution in [0.3, 0.4) is 0 Å². The van der Waals surface area contributed by atoms with E-state index in [2.05, 4.69) is 16.0 Å². The molecule has 1 aromatic rings. The monoisotopic (exact) mass is 423 g/mol. The summed E-state index contributed by atoms with van der Waals surface area (Å²) in [7, 11) is 0. The Balaban J connectivity index is 2.79. The molecule has 0 saturated carbocycles. The Bertz CT molecular complexity index is 628. The average Bonchev–Trinajstić information content (AvgIpc) is 2.70. The highest BCUT2D eigenvalue weighted by Crippen LogP contribution is 2.09. The molecule has 0 unspecified atom stereocenters. The molecular weight excluding hydrogens is 390 g/mol. The molecule has 3 amide bonds. The van der Waals surface area contributed by atoms with E-state index in [1.807, 2.05) is 50.4 Å². The Morgan fingerprint density at radius 3 is 2.31 bits per heavy atom. The van der Waals surface area contributed by atoms with E-state index < -0.39 is 18.1 Å². The van der Waals surface area contributed by atoms with Crippen LogP contribution in [0.2, 0.25) is 0 Å². The van der Waals surface area contributed by atoms with Crippen LogP contribution in [0.4, 0.5) is 0 Å². The Morgan fingerprint density at radius 2 is 1.76 bits per heavy atom. The van der Waals surface area contributed by atoms with Gasteiger partial charge in [0.2, 0.25) is 18.2 Å². The number of aliphatic hydroxyl groups is 1. The highest BCUT2D eigenvalue weighted by molar-refractivity contribution is 7.98. The molecule has 0 spiro atoms. The maximum atomic E-state index is 12.8. The average molecular weight is 424 g/mol. The van der Waals surface area contributed by atoms with Crippen molar-refractivity contribution in [3.63, 3.8) is 0 Å². The van der Waals surface area contributed by atoms with E-state index in [0.717, 1.165) is 5.56 Å². The van der Waals surface area contributed by atoms with Gasteiger partial charge >= 0.3 is 0 Å². The molecule has 3 atom stereocenters. The van der Waals surface area contributed by atoms with Crippen LogP contribution in [0.25, 0.3) is 0 Å². The molecule has 0 aliphatic heterocycles. The van der Waals surface area contributed by atoms with Crippen LogP contribution in [0.1, 0.15) is 32.3 Å². The molecule has 0 fully saturated rings. The molecule has 1 rings (SSSR count). The zero-order chi connectivity index (χ0) is 21.6. The van der Waals surface area contributed by atoms with E-state index in [1.165, 1.54) is 0 Å². The van der Waals surface area contributed by atoms with E-state index in [-0.39, 0.29) is 24.3 Å². The van der Waals surface area contributed by atoms with Crippen molar-refractivity contribution in [1.29, 1.82) is 0 Å². The lowest BCUT2D eigenvalue weighted by Gasteiger charge is -2.25. The molecule has 0 radical (unpaired) electrons. The van der Waals surface area contributed by atoms with E-state index in [4.69, 9.17) is 0 Å². The Morgan fingerprint density at radius 1 is 1.10 bits per heavy atom. The summed E-state index contributed by atoms with van der Waals surface area (Å²) in [5.74, 6) is 0.174. The predicted molar refractivity (Wildman–Crippen MR) is 117 cm³/mol. The zero-order valence-corrected chi connectivity index (χ0v) is 18.2. The molecule has 8 heteroatoms. The Hall–Kier alpha value is -2.06. The van der Waals surface area contributed by atoms with Crippen molar-refractivity contribution >= 4 is 30.0 Å². The first-order chi connectivity index (χ1) is 13.9. The normalized spacial score (nSPS) is 14.0. The van der Waals surface area contributed by atoms with Gasteiger partial charge in [0, 0.05) is 0 Å². The fraction of sp³-hybridized carbons (Fsp3) is 0.571. The number of amides is 3. The molecule has 1 aromatic carbocycles. The Labute approximate surface area is 177 Å². The molecule has 0 aromatic heterocycles. The van der Waals surface area contributed by atoms with Crippen molar-refractivity contribution in [2.75, 3.05) is 18.6 Å². The lowest BCUT2D eigenvalue weighted by molar-refractivity contribution is -0.131. The van der Waals surface area contributed by atoms with Gasteiger partial charge in [-0.2, -0.15) is 11.8 Å². The second-order valence-electron chi connectivity index (χ2n) is 7.39. The van der Waals surface area contributed by atoms with Crippen LogP contribution in [-0.4, -0.2) is 60.1 Å². The van der Waals surface area contributed by atoms with Gasteiger partial charge in [0.1, 0.15) is 12.1 Å². The zero-order valence-electron chi connectivity index (χ0n) is 17.4. The molecule has 0 bridgehead atoms. The van der Waals surface area contributed by atoms with Gasteiger partial charge in [0.15, 0.2) is 0 Å². The van der Waals surface area contributed by atoms with Gasteiger partial charge in [0.25, 0.3) is 0 Å². The molecule has 0 heterocycles. The first kappa shape index (κ1) is 25.0. The van der Waals surface area contributed by atoms with E-state index in [9.17, 15) is 19.5 Å². The van der Waals surface area contributed by atoms with Crippen molar-refractivity contribution < 1.29 is 19.5 Å². The maximum absolute atomic E-state index is 12.8. The summed E-state index contributed by atoms with van der Waals surface area (Å²) in [5, 5.41) is 17.8. The van der Waals surface area contributed by atoms with Crippen LogP contribution in [-0.2, 0) is 20.8 Å². The first-order valence-corrected chi connectivity index (χ1v) is 11.2. The van der Waals surface area contributed by atoms with Gasteiger partial charge in [-0.05, 0) is 42.8 Å². The van der Waals surface area contributed by atoms with Crippen LogP contribution in [0.15, 0.2) is 30.3 Å². The third kappa shape index (κ3) is 9.80. The van der Waals surface area contributed by atoms with E-state index in [1.54, 1.807) is 11.8 Å². The van der Waals surface area contributed by atoms with Crippen LogP contribution in [0.5, 0.6) is 0 Å². The standard InChI is InChI=1S/C21H33N3O4S/c1-15(2)11-19(24-20(27)18(22-14-26)9-10-29-3)21(28)23-17(13-25)12-16-7-5-4-6-8-16/h4-8,14-15,17-19,25H,9-13H2,1-3H3,(H,22,26)(H,23,28)(H,24,27)/t17-,18-,19-/m0/s1. The quantitative estimate of drug-likeness (QED) is 0.335. The number of benzene rings is 1. The minimum Gasteiger partial charge on any atom is -0.394 e. The van der Waals surface area contributed by atoms with Crippen LogP contribution >= 0.6 is 11.8 Å². The van der Waals surface area contributed by atoms with Crippen molar-refractivity contribution in [3.05, 3.63) is 35.9 Å². The summed E-state index contributed by atoms with van der Waals surface area (Å²) in [6, 6.07) is 7.72. The number of hydrogen-bond donors (Lipinski definition) is 4. The second-order valence-corrected chi connectivity index (χ2v) is 8.37. The number of carbonyl (C=O) groups is 3. The fourth-order valence-electron chi connectivity index (χ4n) is 2.94. The summed E-state index contributed by atoms with van der Waals surface area (Å²) in [5.41, 5.74) is 1.00. The topological polar surface area (TPSA) is 108 Å². The molecule has 0 aliphatic rings. The molecule has 29 heavy (non-hydrogen) atoms. The smallest absolute Gasteiger partial charge is 0.243 e. The van der Waals surface area contributed by atoms with Gasteiger partial charge in [-0.1, -0.05) is 44.2 Å². The van der Waals surface area contributed by atoms with Gasteiger partial charge in [0.05, 0.1) is 12.6 Å². The van der Waals surface area contributed by atoms with E-state index in [0.29, 0.717) is 31.4 Å². The second kappa shape index (κ2) is 14.0. The van der Waals surface area contributed by atoms with Crippen molar-refractivity contribution in [3.8, 4) is 0 Å². The molecule has 7 nitrogen and oxygen atoms in total. The number of hydrogen-bond acceptors (Lipinski definition) is 5. The molecule has 0 aliphatic carbocycles. The lowest BCUT2D eigenvalue weighted by Crippen LogP contribution is -2.55. The highest BCUT2D eigenvalue weighted by Gasteiger charge is 2.27. The minimum absolute atomic E-state index is 0.177. The lowest BCUT2D eigenvalue weighted by atomic mass is 10.0. The summed E-state index contributed by atoms with van der Waals surface area (Å²) >= 11 is 1.58. The minimum atomic E-state index is -0.738.